The van der Waals surface area contributed by atoms with Crippen molar-refractivity contribution in [3.63, 3.8) is 0 Å². The Hall–Kier alpha value is -0.820. The number of aliphatic hydroxyl groups is 1. The fourth-order valence-corrected chi connectivity index (χ4v) is 0.799. The van der Waals surface area contributed by atoms with Gasteiger partial charge >= 0.3 is 0 Å². The molecule has 1 rings (SSSR count). The van der Waals surface area contributed by atoms with Gasteiger partial charge in [0.25, 0.3) is 0 Å². The Balaban J connectivity index is 2.55. The largest absolute Gasteiger partial charge is 0.392 e. The molecule has 0 aromatic heterocycles. The number of rotatable bonds is 1. The molecular formula is C8H10O. The first-order chi connectivity index (χ1) is 4.43. The van der Waals surface area contributed by atoms with Gasteiger partial charge in [-0.25, -0.2) is 0 Å². The lowest BCUT2D eigenvalue weighted by atomic mass is 10.1. The molecule has 0 spiro atoms. The first kappa shape index (κ1) is 6.30. The zero-order valence-corrected chi connectivity index (χ0v) is 5.25. The van der Waals surface area contributed by atoms with E-state index in [9.17, 15) is 0 Å². The molecule has 0 radical (unpaired) electrons. The van der Waals surface area contributed by atoms with Crippen molar-refractivity contribution in [2.75, 3.05) is 6.61 Å². The highest BCUT2D eigenvalue weighted by Gasteiger charge is 1.89. The van der Waals surface area contributed by atoms with Crippen LogP contribution >= 0.6 is 0 Å². The molecular weight excluding hydrogens is 112 g/mol. The van der Waals surface area contributed by atoms with E-state index in [4.69, 9.17) is 5.11 Å². The molecule has 0 fully saturated rings. The SMILES string of the molecule is OC/C=C1/C=CC=CC1. The fourth-order valence-electron chi connectivity index (χ4n) is 0.799. The van der Waals surface area contributed by atoms with Gasteiger partial charge in [0.15, 0.2) is 0 Å². The summed E-state index contributed by atoms with van der Waals surface area (Å²) in [6, 6.07) is 0. The normalized spacial score (nSPS) is 21.2. The molecule has 1 aliphatic rings. The molecule has 0 atom stereocenters. The van der Waals surface area contributed by atoms with E-state index in [1.807, 2.05) is 24.3 Å². The number of aliphatic hydroxyl groups excluding tert-OH is 1. The van der Waals surface area contributed by atoms with Crippen LogP contribution < -0.4 is 0 Å². The Morgan fingerprint density at radius 2 is 2.44 bits per heavy atom. The third-order valence-electron chi connectivity index (χ3n) is 1.26. The summed E-state index contributed by atoms with van der Waals surface area (Å²) in [5, 5.41) is 8.48. The maximum absolute atomic E-state index is 8.48. The van der Waals surface area contributed by atoms with Crippen LogP contribution in [0.5, 0.6) is 0 Å². The number of hydrogen-bond donors (Lipinski definition) is 1. The number of hydrogen-bond acceptors (Lipinski definition) is 1. The molecule has 0 heterocycles. The van der Waals surface area contributed by atoms with Gasteiger partial charge in [0.1, 0.15) is 0 Å². The van der Waals surface area contributed by atoms with Crippen molar-refractivity contribution in [1.29, 1.82) is 0 Å². The van der Waals surface area contributed by atoms with E-state index >= 15 is 0 Å². The van der Waals surface area contributed by atoms with Crippen molar-refractivity contribution in [3.05, 3.63) is 36.0 Å². The van der Waals surface area contributed by atoms with Gasteiger partial charge in [0.05, 0.1) is 6.61 Å². The van der Waals surface area contributed by atoms with Gasteiger partial charge in [-0.1, -0.05) is 30.4 Å². The van der Waals surface area contributed by atoms with Gasteiger partial charge in [0, 0.05) is 0 Å². The molecule has 0 saturated heterocycles. The minimum Gasteiger partial charge on any atom is -0.392 e. The molecule has 1 N–H and O–H groups in total. The van der Waals surface area contributed by atoms with E-state index in [2.05, 4.69) is 6.08 Å². The van der Waals surface area contributed by atoms with Crippen LogP contribution in [0.3, 0.4) is 0 Å². The second kappa shape index (κ2) is 3.25. The predicted molar refractivity (Wildman–Crippen MR) is 38.1 cm³/mol. The van der Waals surface area contributed by atoms with Crippen LogP contribution in [0.15, 0.2) is 36.0 Å². The maximum Gasteiger partial charge on any atom is 0.0618 e. The molecule has 0 bridgehead atoms. The molecule has 0 unspecified atom stereocenters. The topological polar surface area (TPSA) is 20.2 Å². The van der Waals surface area contributed by atoms with Crippen molar-refractivity contribution >= 4 is 0 Å². The van der Waals surface area contributed by atoms with Gasteiger partial charge in [-0.05, 0) is 12.0 Å². The third kappa shape index (κ3) is 1.86. The molecule has 0 aromatic carbocycles. The molecule has 0 saturated carbocycles. The van der Waals surface area contributed by atoms with Crippen molar-refractivity contribution < 1.29 is 5.11 Å². The van der Waals surface area contributed by atoms with Gasteiger partial charge < -0.3 is 5.11 Å². The zero-order chi connectivity index (χ0) is 6.53. The molecule has 0 amide bonds. The molecule has 48 valence electrons. The first-order valence-electron chi connectivity index (χ1n) is 3.06. The van der Waals surface area contributed by atoms with Crippen LogP contribution in [0, 0.1) is 0 Å². The monoisotopic (exact) mass is 122 g/mol. The van der Waals surface area contributed by atoms with E-state index in [0.29, 0.717) is 0 Å². The summed E-state index contributed by atoms with van der Waals surface area (Å²) < 4.78 is 0. The third-order valence-corrected chi connectivity index (χ3v) is 1.26. The van der Waals surface area contributed by atoms with Gasteiger partial charge in [-0.15, -0.1) is 0 Å². The molecule has 0 aromatic rings. The van der Waals surface area contributed by atoms with Crippen molar-refractivity contribution in [2.45, 2.75) is 6.42 Å². The molecule has 1 heteroatoms. The summed E-state index contributed by atoms with van der Waals surface area (Å²) in [5.41, 5.74) is 1.19. The summed E-state index contributed by atoms with van der Waals surface area (Å²) in [4.78, 5) is 0. The predicted octanol–water partition coefficient (Wildman–Crippen LogP) is 1.42. The first-order valence-corrected chi connectivity index (χ1v) is 3.06. The number of allylic oxidation sites excluding steroid dienone is 5. The Labute approximate surface area is 55.0 Å². The molecule has 0 aliphatic heterocycles. The lowest BCUT2D eigenvalue weighted by Gasteiger charge is -1.98. The second-order valence-corrected chi connectivity index (χ2v) is 1.95. The molecule has 9 heavy (non-hydrogen) atoms. The second-order valence-electron chi connectivity index (χ2n) is 1.95. The highest BCUT2D eigenvalue weighted by molar-refractivity contribution is 5.29. The van der Waals surface area contributed by atoms with E-state index < -0.39 is 0 Å². The van der Waals surface area contributed by atoms with Crippen LogP contribution in [-0.4, -0.2) is 11.7 Å². The van der Waals surface area contributed by atoms with E-state index in [1.54, 1.807) is 0 Å². The minimum absolute atomic E-state index is 0.146. The van der Waals surface area contributed by atoms with Crippen molar-refractivity contribution in [2.24, 2.45) is 0 Å². The Morgan fingerprint density at radius 3 is 3.00 bits per heavy atom. The van der Waals surface area contributed by atoms with E-state index in [1.165, 1.54) is 5.57 Å². The van der Waals surface area contributed by atoms with Gasteiger partial charge in [-0.3, -0.25) is 0 Å². The molecule has 1 aliphatic carbocycles. The summed E-state index contributed by atoms with van der Waals surface area (Å²) >= 11 is 0. The summed E-state index contributed by atoms with van der Waals surface area (Å²) in [6.07, 6.45) is 10.8. The molecule has 1 nitrogen and oxygen atoms in total. The smallest absolute Gasteiger partial charge is 0.0618 e. The maximum atomic E-state index is 8.48. The summed E-state index contributed by atoms with van der Waals surface area (Å²) in [7, 11) is 0. The lowest BCUT2D eigenvalue weighted by Crippen LogP contribution is -1.82. The van der Waals surface area contributed by atoms with Gasteiger partial charge in [-0.2, -0.15) is 0 Å². The average Bonchev–Trinajstić information content (AvgIpc) is 1.91. The van der Waals surface area contributed by atoms with Crippen molar-refractivity contribution in [3.8, 4) is 0 Å². The van der Waals surface area contributed by atoms with Crippen LogP contribution in [0.4, 0.5) is 0 Å². The Morgan fingerprint density at radius 1 is 1.56 bits per heavy atom. The van der Waals surface area contributed by atoms with Crippen LogP contribution in [0.1, 0.15) is 6.42 Å². The quantitative estimate of drug-likeness (QED) is 0.557. The van der Waals surface area contributed by atoms with E-state index in [-0.39, 0.29) is 6.61 Å². The highest BCUT2D eigenvalue weighted by Crippen LogP contribution is 2.08. The van der Waals surface area contributed by atoms with Crippen molar-refractivity contribution in [1.82, 2.24) is 0 Å². The standard InChI is InChI=1S/C8H10O/c9-7-6-8-4-2-1-3-5-8/h1-4,6,9H,5,7H2/b8-6-. The summed E-state index contributed by atoms with van der Waals surface area (Å²) in [5.74, 6) is 0. The van der Waals surface area contributed by atoms with Crippen LogP contribution in [0.25, 0.3) is 0 Å². The zero-order valence-electron chi connectivity index (χ0n) is 5.25. The Kier molecular flexibility index (Phi) is 2.28. The fraction of sp³-hybridized carbons (Fsp3) is 0.250. The van der Waals surface area contributed by atoms with E-state index in [0.717, 1.165) is 6.42 Å². The van der Waals surface area contributed by atoms with Gasteiger partial charge in [0.2, 0.25) is 0 Å². The Bertz CT molecular complexity index is 163. The minimum atomic E-state index is 0.146. The summed E-state index contributed by atoms with van der Waals surface area (Å²) in [6.45, 7) is 0.146. The van der Waals surface area contributed by atoms with Crippen LogP contribution in [0.2, 0.25) is 0 Å². The lowest BCUT2D eigenvalue weighted by molar-refractivity contribution is 0.342. The average molecular weight is 122 g/mol. The van der Waals surface area contributed by atoms with Crippen LogP contribution in [-0.2, 0) is 0 Å². The highest BCUT2D eigenvalue weighted by atomic mass is 16.2.